The molecule has 0 heterocycles. The van der Waals surface area contributed by atoms with Crippen LogP contribution in [0.4, 0.5) is 0 Å². The highest BCUT2D eigenvalue weighted by Crippen LogP contribution is 2.38. The van der Waals surface area contributed by atoms with Crippen LogP contribution >= 0.6 is 23.9 Å². The van der Waals surface area contributed by atoms with Gasteiger partial charge >= 0.3 is 23.9 Å². The fraction of sp³-hybridized carbons (Fsp3) is 1.00. The third-order valence-electron chi connectivity index (χ3n) is 3.26. The van der Waals surface area contributed by atoms with E-state index in [2.05, 4.69) is 13.6 Å². The van der Waals surface area contributed by atoms with Crippen LogP contribution in [0.2, 0.25) is 0 Å². The van der Waals surface area contributed by atoms with E-state index in [1.54, 1.807) is 0 Å². The van der Waals surface area contributed by atoms with Gasteiger partial charge in [-0.05, 0) is 0 Å². The summed E-state index contributed by atoms with van der Waals surface area (Å²) in [5, 5.41) is 52.3. The molecule has 0 fully saturated rings. The number of hydrogen-bond donors (Lipinski definition) is 11. The van der Waals surface area contributed by atoms with Crippen LogP contribution in [-0.4, -0.2) is 115 Å². The zero-order chi connectivity index (χ0) is 25.4. The summed E-state index contributed by atoms with van der Waals surface area (Å²) >= 11 is 0. The molecule has 0 aromatic rings. The van der Waals surface area contributed by atoms with Crippen molar-refractivity contribution in [2.75, 3.05) is 60.0 Å². The Labute approximate surface area is 177 Å². The lowest BCUT2D eigenvalue weighted by atomic mass is 9.93. The van der Waals surface area contributed by atoms with E-state index in [9.17, 15) is 13.7 Å². The van der Waals surface area contributed by atoms with Gasteiger partial charge < -0.3 is 59.6 Å². The lowest BCUT2D eigenvalue weighted by Crippen LogP contribution is -2.38. The predicted octanol–water partition coefficient (Wildman–Crippen LogP) is -3.87. The van der Waals surface area contributed by atoms with Crippen molar-refractivity contribution >= 4 is 23.9 Å². The standard InChI is InChI=1S/2C5H13O7P.CH5O3P/c2*6-1-5(2-7,3-8)4-12-13(9,10)11;1-4-5(2)3/h2*6-8H,1-4H2,(H2,9,10,11);5H,1H3,(H,2,3). The second-order valence-corrected chi connectivity index (χ2v) is 9.37. The van der Waals surface area contributed by atoms with E-state index in [4.69, 9.17) is 55.1 Å². The summed E-state index contributed by atoms with van der Waals surface area (Å²) in [7, 11) is -10.7. The maximum Gasteiger partial charge on any atom is 0.469 e. The van der Waals surface area contributed by atoms with Gasteiger partial charge in [-0.25, -0.2) is 9.13 Å². The molecule has 20 heteroatoms. The average Bonchev–Trinajstić information content (AvgIpc) is 2.70. The first-order chi connectivity index (χ1) is 14.0. The molecule has 0 aromatic heterocycles. The van der Waals surface area contributed by atoms with E-state index < -0.39 is 87.6 Å². The van der Waals surface area contributed by atoms with Gasteiger partial charge in [0.1, 0.15) is 0 Å². The van der Waals surface area contributed by atoms with Gasteiger partial charge in [0.2, 0.25) is 0 Å². The zero-order valence-electron chi connectivity index (χ0n) is 16.4. The Morgan fingerprint density at radius 2 is 0.871 bits per heavy atom. The van der Waals surface area contributed by atoms with Crippen LogP contribution in [0.15, 0.2) is 0 Å². The van der Waals surface area contributed by atoms with Crippen molar-refractivity contribution in [3.63, 3.8) is 0 Å². The highest BCUT2D eigenvalue weighted by Gasteiger charge is 2.32. The predicted molar refractivity (Wildman–Crippen MR) is 102 cm³/mol. The fourth-order valence-corrected chi connectivity index (χ4v) is 1.90. The topological polar surface area (TPSA) is 301 Å². The van der Waals surface area contributed by atoms with Crippen LogP contribution in [0.5, 0.6) is 0 Å². The van der Waals surface area contributed by atoms with Crippen molar-refractivity contribution in [1.29, 1.82) is 0 Å². The molecule has 0 radical (unpaired) electrons. The van der Waals surface area contributed by atoms with E-state index in [0.717, 1.165) is 0 Å². The molecule has 1 unspecified atom stereocenters. The minimum Gasteiger partial charge on any atom is -0.396 e. The number of phosphoric ester groups is 2. The van der Waals surface area contributed by atoms with E-state index in [1.807, 2.05) is 0 Å². The van der Waals surface area contributed by atoms with Crippen LogP contribution in [0, 0.1) is 10.8 Å². The summed E-state index contributed by atoms with van der Waals surface area (Å²) in [4.78, 5) is 40.9. The Bertz CT molecular complexity index is 493. The minimum absolute atomic E-state index is 0.610. The molecular formula is C11H31O17P3. The van der Waals surface area contributed by atoms with Crippen LogP contribution < -0.4 is 0 Å². The molecule has 0 saturated carbocycles. The lowest BCUT2D eigenvalue weighted by Gasteiger charge is -2.26. The largest absolute Gasteiger partial charge is 0.469 e. The summed E-state index contributed by atoms with van der Waals surface area (Å²) in [6, 6.07) is 0. The Hall–Kier alpha value is 0.130. The molecule has 0 spiro atoms. The van der Waals surface area contributed by atoms with Gasteiger partial charge in [-0.3, -0.25) is 13.6 Å². The van der Waals surface area contributed by atoms with Gasteiger partial charge in [-0.1, -0.05) is 0 Å². The molecule has 0 bridgehead atoms. The normalized spacial score (nSPS) is 13.5. The second-order valence-electron chi connectivity index (χ2n) is 5.95. The molecule has 17 nitrogen and oxygen atoms in total. The lowest BCUT2D eigenvalue weighted by molar-refractivity contribution is -0.0325. The highest BCUT2D eigenvalue weighted by molar-refractivity contribution is 7.46. The molecule has 0 aliphatic rings. The monoisotopic (exact) mass is 528 g/mol. The fourth-order valence-electron chi connectivity index (χ4n) is 1.02. The Morgan fingerprint density at radius 1 is 0.677 bits per heavy atom. The molecule has 192 valence electrons. The summed E-state index contributed by atoms with van der Waals surface area (Å²) in [6.45, 7) is -4.97. The summed E-state index contributed by atoms with van der Waals surface area (Å²) in [5.41, 5.74) is -2.83. The van der Waals surface area contributed by atoms with E-state index in [0.29, 0.717) is 0 Å². The number of aliphatic hydroxyl groups is 6. The number of aliphatic hydroxyl groups excluding tert-OH is 6. The molecule has 0 amide bonds. The molecule has 31 heavy (non-hydrogen) atoms. The summed E-state index contributed by atoms with van der Waals surface area (Å²) < 4.78 is 41.8. The second kappa shape index (κ2) is 17.6. The third kappa shape index (κ3) is 20.5. The van der Waals surface area contributed by atoms with Crippen LogP contribution in [-0.2, 0) is 27.3 Å². The SMILES string of the molecule is CO[PH](=O)O.O=P(O)(O)OCC(CO)(CO)CO.O=P(O)(O)OCC(CO)(CO)CO. The van der Waals surface area contributed by atoms with E-state index >= 15 is 0 Å². The first-order valence-corrected chi connectivity index (χ1v) is 12.2. The maximum atomic E-state index is 10.3. The van der Waals surface area contributed by atoms with Crippen molar-refractivity contribution in [3.8, 4) is 0 Å². The van der Waals surface area contributed by atoms with Gasteiger partial charge in [0.05, 0.1) is 63.7 Å². The number of rotatable bonds is 13. The molecule has 0 rings (SSSR count). The molecule has 0 aromatic carbocycles. The molecule has 11 N–H and O–H groups in total. The molecule has 0 saturated heterocycles. The van der Waals surface area contributed by atoms with Gasteiger partial charge in [-0.2, -0.15) is 0 Å². The van der Waals surface area contributed by atoms with Crippen molar-refractivity contribution in [2.24, 2.45) is 10.8 Å². The smallest absolute Gasteiger partial charge is 0.396 e. The number of hydrogen-bond acceptors (Lipinski definition) is 12. The first kappa shape index (κ1) is 35.7. The van der Waals surface area contributed by atoms with Gasteiger partial charge in [0.25, 0.3) is 0 Å². The average molecular weight is 528 g/mol. The van der Waals surface area contributed by atoms with Crippen LogP contribution in [0.25, 0.3) is 0 Å². The van der Waals surface area contributed by atoms with Crippen molar-refractivity contribution in [1.82, 2.24) is 0 Å². The van der Waals surface area contributed by atoms with E-state index in [-0.39, 0.29) is 0 Å². The van der Waals surface area contributed by atoms with E-state index in [1.165, 1.54) is 7.11 Å². The quantitative estimate of drug-likeness (QED) is 0.102. The van der Waals surface area contributed by atoms with Crippen molar-refractivity contribution in [2.45, 2.75) is 0 Å². The Kier molecular flexibility index (Phi) is 20.3. The van der Waals surface area contributed by atoms with Crippen LogP contribution in [0.3, 0.4) is 0 Å². The van der Waals surface area contributed by atoms with Crippen molar-refractivity contribution in [3.05, 3.63) is 0 Å². The zero-order valence-corrected chi connectivity index (χ0v) is 19.2. The van der Waals surface area contributed by atoms with Gasteiger partial charge in [0, 0.05) is 7.11 Å². The Morgan fingerprint density at radius 3 is 0.968 bits per heavy atom. The highest BCUT2D eigenvalue weighted by atomic mass is 31.2. The molecular weight excluding hydrogens is 497 g/mol. The van der Waals surface area contributed by atoms with Gasteiger partial charge in [0.15, 0.2) is 0 Å². The molecule has 1 atom stereocenters. The Balaban J connectivity index is -0.000000416. The number of phosphoric acid groups is 2. The van der Waals surface area contributed by atoms with Crippen LogP contribution in [0.1, 0.15) is 0 Å². The molecule has 0 aliphatic heterocycles. The summed E-state index contributed by atoms with van der Waals surface area (Å²) in [6.07, 6.45) is 0. The maximum absolute atomic E-state index is 10.3. The third-order valence-corrected chi connectivity index (χ3v) is 4.55. The summed E-state index contributed by atoms with van der Waals surface area (Å²) in [5.74, 6) is 0. The minimum atomic E-state index is -4.64. The van der Waals surface area contributed by atoms with Gasteiger partial charge in [-0.15, -0.1) is 0 Å². The van der Waals surface area contributed by atoms with Crippen molar-refractivity contribution < 1.29 is 82.4 Å². The first-order valence-electron chi connectivity index (χ1n) is 7.87. The molecule has 0 aliphatic carbocycles.